The predicted molar refractivity (Wildman–Crippen MR) is 162 cm³/mol. The van der Waals surface area contributed by atoms with Crippen LogP contribution in [0.15, 0.2) is 73.1 Å². The highest BCUT2D eigenvalue weighted by Crippen LogP contribution is 2.36. The lowest BCUT2D eigenvalue weighted by atomic mass is 9.96. The van der Waals surface area contributed by atoms with Gasteiger partial charge in [-0.3, -0.25) is 9.78 Å². The topological polar surface area (TPSA) is 119 Å². The Morgan fingerprint density at radius 2 is 1.77 bits per heavy atom. The first-order valence-corrected chi connectivity index (χ1v) is 14.2. The molecule has 2 heterocycles. The fraction of sp³-hybridized carbons (Fsp3) is 0.294. The number of nitrogens with one attached hydrogen (secondary N) is 1. The van der Waals surface area contributed by atoms with Gasteiger partial charge in [-0.2, -0.15) is 0 Å². The normalized spacial score (nSPS) is 12.9. The Balaban J connectivity index is 1.33. The maximum Gasteiger partial charge on any atom is 0.306 e. The third-order valence-corrected chi connectivity index (χ3v) is 7.26. The number of carbonyl (C=O) groups is 1. The zero-order valence-corrected chi connectivity index (χ0v) is 24.3. The van der Waals surface area contributed by atoms with Gasteiger partial charge in [0.25, 0.3) is 0 Å². The molecule has 0 saturated heterocycles. The highest BCUT2D eigenvalue weighted by molar-refractivity contribution is 5.71. The third-order valence-electron chi connectivity index (χ3n) is 7.26. The number of rotatable bonds is 13. The molecule has 0 bridgehead atoms. The van der Waals surface area contributed by atoms with Crippen molar-refractivity contribution in [3.8, 4) is 34.1 Å². The van der Waals surface area contributed by atoms with Crippen LogP contribution in [-0.2, 0) is 24.6 Å². The number of aliphatic carboxylic acids is 1. The molecule has 9 heteroatoms. The van der Waals surface area contributed by atoms with Crippen LogP contribution >= 0.6 is 0 Å². The lowest BCUT2D eigenvalue weighted by Crippen LogP contribution is -2.28. The first kappa shape index (κ1) is 29.9. The van der Waals surface area contributed by atoms with Gasteiger partial charge in [0.1, 0.15) is 37.9 Å². The Kier molecular flexibility index (Phi) is 9.76. The second-order valence-corrected chi connectivity index (χ2v) is 10.5. The Hall–Kier alpha value is -4.60. The number of fused-ring (bicyclic) bond motifs is 1. The monoisotopic (exact) mass is 584 g/mol. The number of nitrogens with zero attached hydrogens (tertiary/aromatic N) is 1. The summed E-state index contributed by atoms with van der Waals surface area (Å²) in [6, 6.07) is 19.9. The first-order valence-electron chi connectivity index (χ1n) is 14.2. The van der Waals surface area contributed by atoms with Crippen LogP contribution in [0, 0.1) is 13.8 Å². The van der Waals surface area contributed by atoms with Crippen LogP contribution in [0.4, 0.5) is 0 Å². The molecule has 1 aliphatic heterocycles. The third kappa shape index (κ3) is 7.82. The lowest BCUT2D eigenvalue weighted by Gasteiger charge is -2.20. The summed E-state index contributed by atoms with van der Waals surface area (Å²) in [6.07, 6.45) is 2.16. The molecule has 1 unspecified atom stereocenters. The largest absolute Gasteiger partial charge is 0.488 e. The smallest absolute Gasteiger partial charge is 0.306 e. The van der Waals surface area contributed by atoms with E-state index >= 15 is 0 Å². The van der Waals surface area contributed by atoms with Gasteiger partial charge in [-0.25, -0.2) is 0 Å². The van der Waals surface area contributed by atoms with E-state index in [4.69, 9.17) is 24.1 Å². The number of aryl methyl sites for hydroxylation is 1. The van der Waals surface area contributed by atoms with E-state index in [1.807, 2.05) is 55.5 Å². The van der Waals surface area contributed by atoms with Crippen LogP contribution in [0.5, 0.6) is 23.0 Å². The van der Waals surface area contributed by atoms with Gasteiger partial charge < -0.3 is 34.5 Å². The molecule has 0 radical (unpaired) electrons. The second-order valence-electron chi connectivity index (χ2n) is 10.5. The standard InChI is InChI=1S/C34H36N2O7/c1-22-13-27(18-36-19-28(37)15-34(38)39)32(42-20-24-5-4-10-35-17-24)16-31(22)43-21-26-6-3-7-29(23(26)2)25-8-9-30-33(14-25)41-12-11-40-30/h3-10,13-14,16-17,28,36-37H,11-12,15,18-21H2,1-2H3,(H,38,39). The number of aliphatic hydroxyl groups is 1. The Morgan fingerprint density at radius 1 is 0.953 bits per heavy atom. The minimum Gasteiger partial charge on any atom is -0.488 e. The highest BCUT2D eigenvalue weighted by Gasteiger charge is 2.16. The predicted octanol–water partition coefficient (Wildman–Crippen LogP) is 5.22. The quantitative estimate of drug-likeness (QED) is 0.194. The number of carboxylic acid groups (broad SMARTS) is 1. The summed E-state index contributed by atoms with van der Waals surface area (Å²) < 4.78 is 24.0. The fourth-order valence-electron chi connectivity index (χ4n) is 4.97. The molecular formula is C34H36N2O7. The minimum absolute atomic E-state index is 0.143. The number of carboxylic acids is 1. The molecule has 3 aromatic carbocycles. The van der Waals surface area contributed by atoms with Crippen LogP contribution in [0.3, 0.4) is 0 Å². The van der Waals surface area contributed by atoms with Gasteiger partial charge in [0, 0.05) is 42.7 Å². The van der Waals surface area contributed by atoms with Crippen molar-refractivity contribution in [2.45, 2.75) is 46.1 Å². The minimum atomic E-state index is -1.04. The van der Waals surface area contributed by atoms with E-state index in [9.17, 15) is 9.90 Å². The molecule has 1 aromatic heterocycles. The molecule has 4 aromatic rings. The zero-order valence-electron chi connectivity index (χ0n) is 24.3. The van der Waals surface area contributed by atoms with Crippen LogP contribution in [-0.4, -0.2) is 47.0 Å². The SMILES string of the molecule is Cc1cc(CNCC(O)CC(=O)O)c(OCc2cccnc2)cc1OCc1cccc(-c2ccc3c(c2)OCCO3)c1C. The van der Waals surface area contributed by atoms with Crippen LogP contribution in [0.1, 0.15) is 34.2 Å². The summed E-state index contributed by atoms with van der Waals surface area (Å²) in [6.45, 7) is 6.38. The van der Waals surface area contributed by atoms with Gasteiger partial charge in [-0.15, -0.1) is 0 Å². The second kappa shape index (κ2) is 14.0. The van der Waals surface area contributed by atoms with Crippen molar-refractivity contribution in [3.05, 3.63) is 101 Å². The maximum atomic E-state index is 10.9. The van der Waals surface area contributed by atoms with Crippen molar-refractivity contribution in [1.82, 2.24) is 10.3 Å². The molecule has 3 N–H and O–H groups in total. The summed E-state index contributed by atoms with van der Waals surface area (Å²) in [5.74, 6) is 1.80. The van der Waals surface area contributed by atoms with E-state index in [1.165, 1.54) is 0 Å². The van der Waals surface area contributed by atoms with Crippen molar-refractivity contribution >= 4 is 5.97 Å². The van der Waals surface area contributed by atoms with Crippen LogP contribution in [0.25, 0.3) is 11.1 Å². The van der Waals surface area contributed by atoms with Gasteiger partial charge in [0.05, 0.1) is 12.5 Å². The molecule has 5 rings (SSSR count). The summed E-state index contributed by atoms with van der Waals surface area (Å²) in [5, 5.41) is 22.0. The lowest BCUT2D eigenvalue weighted by molar-refractivity contribution is -0.139. The average Bonchev–Trinajstić information content (AvgIpc) is 3.00. The van der Waals surface area contributed by atoms with E-state index in [0.29, 0.717) is 44.5 Å². The summed E-state index contributed by atoms with van der Waals surface area (Å²) in [7, 11) is 0. The van der Waals surface area contributed by atoms with Crippen molar-refractivity contribution in [2.24, 2.45) is 0 Å². The van der Waals surface area contributed by atoms with Crippen molar-refractivity contribution in [2.75, 3.05) is 19.8 Å². The molecule has 43 heavy (non-hydrogen) atoms. The maximum absolute atomic E-state index is 10.9. The first-order chi connectivity index (χ1) is 20.9. The van der Waals surface area contributed by atoms with Gasteiger partial charge in [0.2, 0.25) is 0 Å². The van der Waals surface area contributed by atoms with Crippen molar-refractivity contribution in [3.63, 3.8) is 0 Å². The number of ether oxygens (including phenoxy) is 4. The van der Waals surface area contributed by atoms with Crippen molar-refractivity contribution < 1.29 is 34.0 Å². The molecule has 1 aliphatic rings. The summed E-state index contributed by atoms with van der Waals surface area (Å²) in [5.41, 5.74) is 7.05. The molecule has 0 spiro atoms. The Labute approximate surface area is 251 Å². The van der Waals surface area contributed by atoms with Gasteiger partial charge in [0.15, 0.2) is 11.5 Å². The number of aliphatic hydroxyl groups excluding tert-OH is 1. The Morgan fingerprint density at radius 3 is 2.56 bits per heavy atom. The van der Waals surface area contributed by atoms with E-state index in [0.717, 1.165) is 50.4 Å². The van der Waals surface area contributed by atoms with E-state index in [-0.39, 0.29) is 13.0 Å². The molecule has 224 valence electrons. The highest BCUT2D eigenvalue weighted by atomic mass is 16.6. The summed E-state index contributed by atoms with van der Waals surface area (Å²) >= 11 is 0. The summed E-state index contributed by atoms with van der Waals surface area (Å²) in [4.78, 5) is 15.0. The van der Waals surface area contributed by atoms with E-state index in [1.54, 1.807) is 12.4 Å². The van der Waals surface area contributed by atoms with Crippen LogP contribution in [0.2, 0.25) is 0 Å². The van der Waals surface area contributed by atoms with Gasteiger partial charge in [-0.1, -0.05) is 30.3 Å². The molecule has 0 fully saturated rings. The molecule has 0 saturated carbocycles. The molecule has 9 nitrogen and oxygen atoms in total. The number of aromatic nitrogens is 1. The number of benzene rings is 3. The molecule has 0 amide bonds. The average molecular weight is 585 g/mol. The Bertz CT molecular complexity index is 1560. The van der Waals surface area contributed by atoms with Crippen LogP contribution < -0.4 is 24.3 Å². The zero-order chi connectivity index (χ0) is 30.2. The molecule has 1 atom stereocenters. The molecular weight excluding hydrogens is 548 g/mol. The van der Waals surface area contributed by atoms with Crippen molar-refractivity contribution in [1.29, 1.82) is 0 Å². The number of pyridine rings is 1. The fourth-order valence-corrected chi connectivity index (χ4v) is 4.97. The van der Waals surface area contributed by atoms with E-state index < -0.39 is 12.1 Å². The van der Waals surface area contributed by atoms with E-state index in [2.05, 4.69) is 29.4 Å². The number of hydrogen-bond acceptors (Lipinski definition) is 8. The molecule has 0 aliphatic carbocycles. The number of hydrogen-bond donors (Lipinski definition) is 3. The van der Waals surface area contributed by atoms with Gasteiger partial charge in [-0.05, 0) is 65.9 Å². The van der Waals surface area contributed by atoms with Gasteiger partial charge >= 0.3 is 5.97 Å².